The Bertz CT molecular complexity index is 798. The molecule has 0 aliphatic rings. The van der Waals surface area contributed by atoms with Crippen molar-refractivity contribution in [1.82, 2.24) is 4.31 Å². The van der Waals surface area contributed by atoms with Gasteiger partial charge in [-0.25, -0.2) is 17.1 Å². The van der Waals surface area contributed by atoms with Crippen molar-refractivity contribution < 1.29 is 26.8 Å². The monoisotopic (exact) mass is 341 g/mol. The number of halogens is 1. The molecule has 1 aromatic heterocycles. The molecule has 1 aromatic carbocycles. The average Bonchev–Trinajstić information content (AvgIpc) is 2.97. The standard InChI is InChI=1S/C15H16FNO5S/c1-17(2)23(19,20)15-8-7-12(22-15)10-21-14(18)9-11-5-3-4-6-13(11)16/h3-8H,9-10H2,1-2H3. The van der Waals surface area contributed by atoms with E-state index in [4.69, 9.17) is 9.15 Å². The van der Waals surface area contributed by atoms with Crippen LogP contribution in [-0.2, 0) is 32.6 Å². The summed E-state index contributed by atoms with van der Waals surface area (Å²) in [5.41, 5.74) is 0.229. The van der Waals surface area contributed by atoms with Crippen LogP contribution in [-0.4, -0.2) is 32.8 Å². The number of hydrogen-bond acceptors (Lipinski definition) is 5. The van der Waals surface area contributed by atoms with Gasteiger partial charge in [0.1, 0.15) is 18.2 Å². The molecule has 23 heavy (non-hydrogen) atoms. The minimum absolute atomic E-state index is 0.187. The average molecular weight is 341 g/mol. The fraction of sp³-hybridized carbons (Fsp3) is 0.267. The van der Waals surface area contributed by atoms with Crippen molar-refractivity contribution >= 4 is 16.0 Å². The molecule has 0 saturated carbocycles. The molecule has 0 aliphatic heterocycles. The van der Waals surface area contributed by atoms with Gasteiger partial charge in [0.15, 0.2) is 0 Å². The molecular formula is C15H16FNO5S. The number of carbonyl (C=O) groups excluding carboxylic acids is 1. The van der Waals surface area contributed by atoms with Crippen LogP contribution in [0.15, 0.2) is 45.9 Å². The number of sulfonamides is 1. The second kappa shape index (κ2) is 6.93. The van der Waals surface area contributed by atoms with E-state index in [-0.39, 0.29) is 29.4 Å². The Morgan fingerprint density at radius 3 is 2.57 bits per heavy atom. The molecule has 0 spiro atoms. The van der Waals surface area contributed by atoms with E-state index < -0.39 is 21.8 Å². The van der Waals surface area contributed by atoms with Gasteiger partial charge >= 0.3 is 5.97 Å². The van der Waals surface area contributed by atoms with Gasteiger partial charge in [-0.2, -0.15) is 0 Å². The number of furan rings is 1. The molecule has 124 valence electrons. The van der Waals surface area contributed by atoms with Crippen molar-refractivity contribution in [3.8, 4) is 0 Å². The van der Waals surface area contributed by atoms with Crippen LogP contribution in [0.3, 0.4) is 0 Å². The van der Waals surface area contributed by atoms with Crippen molar-refractivity contribution in [1.29, 1.82) is 0 Å². The Morgan fingerprint density at radius 2 is 1.91 bits per heavy atom. The minimum atomic E-state index is -3.67. The molecule has 0 atom stereocenters. The van der Waals surface area contributed by atoms with E-state index in [9.17, 15) is 17.6 Å². The van der Waals surface area contributed by atoms with E-state index in [2.05, 4.69) is 0 Å². The number of benzene rings is 1. The fourth-order valence-electron chi connectivity index (χ4n) is 1.75. The van der Waals surface area contributed by atoms with Crippen LogP contribution in [0.25, 0.3) is 0 Å². The smallest absolute Gasteiger partial charge is 0.310 e. The number of esters is 1. The van der Waals surface area contributed by atoms with Crippen molar-refractivity contribution in [3.05, 3.63) is 53.5 Å². The van der Waals surface area contributed by atoms with Crippen molar-refractivity contribution in [2.24, 2.45) is 0 Å². The number of carbonyl (C=O) groups is 1. The Balaban J connectivity index is 1.96. The van der Waals surface area contributed by atoms with Gasteiger partial charge in [-0.1, -0.05) is 18.2 Å². The molecule has 1 heterocycles. The van der Waals surface area contributed by atoms with Gasteiger partial charge in [0.05, 0.1) is 6.42 Å². The van der Waals surface area contributed by atoms with Crippen LogP contribution in [0.5, 0.6) is 0 Å². The molecule has 6 nitrogen and oxygen atoms in total. The molecule has 0 bridgehead atoms. The molecule has 0 amide bonds. The molecule has 0 aliphatic carbocycles. The normalized spacial score (nSPS) is 11.7. The lowest BCUT2D eigenvalue weighted by Gasteiger charge is -2.08. The van der Waals surface area contributed by atoms with Gasteiger partial charge in [-0.3, -0.25) is 4.79 Å². The molecule has 8 heteroatoms. The van der Waals surface area contributed by atoms with Crippen LogP contribution in [0, 0.1) is 5.82 Å². The van der Waals surface area contributed by atoms with E-state index >= 15 is 0 Å². The first-order valence-electron chi connectivity index (χ1n) is 6.71. The van der Waals surface area contributed by atoms with Crippen molar-refractivity contribution in [3.63, 3.8) is 0 Å². The van der Waals surface area contributed by atoms with Gasteiger partial charge in [-0.05, 0) is 23.8 Å². The third-order valence-corrected chi connectivity index (χ3v) is 4.73. The highest BCUT2D eigenvalue weighted by Crippen LogP contribution is 2.17. The lowest BCUT2D eigenvalue weighted by Crippen LogP contribution is -2.21. The lowest BCUT2D eigenvalue weighted by molar-refractivity contribution is -0.144. The second-order valence-corrected chi connectivity index (χ2v) is 7.02. The third-order valence-electron chi connectivity index (χ3n) is 3.04. The van der Waals surface area contributed by atoms with Crippen LogP contribution in [0.2, 0.25) is 0 Å². The van der Waals surface area contributed by atoms with Crippen molar-refractivity contribution in [2.75, 3.05) is 14.1 Å². The zero-order valence-electron chi connectivity index (χ0n) is 12.7. The SMILES string of the molecule is CN(C)S(=O)(=O)c1ccc(COC(=O)Cc2ccccc2F)o1. The topological polar surface area (TPSA) is 76.8 Å². The highest BCUT2D eigenvalue weighted by Gasteiger charge is 2.21. The van der Waals surface area contributed by atoms with E-state index in [1.54, 1.807) is 6.07 Å². The highest BCUT2D eigenvalue weighted by atomic mass is 32.2. The molecular weight excluding hydrogens is 325 g/mol. The summed E-state index contributed by atoms with van der Waals surface area (Å²) >= 11 is 0. The number of ether oxygens (including phenoxy) is 1. The predicted octanol–water partition coefficient (Wildman–Crippen LogP) is 1.95. The summed E-state index contributed by atoms with van der Waals surface area (Å²) < 4.78 is 48.2. The summed E-state index contributed by atoms with van der Waals surface area (Å²) in [5, 5.41) is -0.234. The maximum absolute atomic E-state index is 13.4. The minimum Gasteiger partial charge on any atom is -0.457 e. The first-order valence-corrected chi connectivity index (χ1v) is 8.15. The number of nitrogens with zero attached hydrogens (tertiary/aromatic N) is 1. The molecule has 0 unspecified atom stereocenters. The van der Waals surface area contributed by atoms with Gasteiger partial charge in [-0.15, -0.1) is 0 Å². The summed E-state index contributed by atoms with van der Waals surface area (Å²) in [6.45, 7) is -0.226. The Labute approximate surface area is 133 Å². The van der Waals surface area contributed by atoms with Crippen LogP contribution < -0.4 is 0 Å². The first-order chi connectivity index (χ1) is 10.8. The zero-order chi connectivity index (χ0) is 17.0. The van der Waals surface area contributed by atoms with E-state index in [0.29, 0.717) is 0 Å². The predicted molar refractivity (Wildman–Crippen MR) is 79.5 cm³/mol. The summed E-state index contributed by atoms with van der Waals surface area (Å²) in [5.74, 6) is -0.933. The summed E-state index contributed by atoms with van der Waals surface area (Å²) in [6, 6.07) is 8.59. The van der Waals surface area contributed by atoms with Crippen LogP contribution >= 0.6 is 0 Å². The lowest BCUT2D eigenvalue weighted by atomic mass is 10.1. The maximum Gasteiger partial charge on any atom is 0.310 e. The third kappa shape index (κ3) is 4.17. The summed E-state index contributed by atoms with van der Waals surface area (Å²) in [6.07, 6.45) is -0.212. The number of hydrogen-bond donors (Lipinski definition) is 0. The maximum atomic E-state index is 13.4. The molecule has 0 fully saturated rings. The van der Waals surface area contributed by atoms with E-state index in [1.165, 1.54) is 44.4 Å². The Hall–Kier alpha value is -2.19. The molecule has 0 radical (unpaired) electrons. The quantitative estimate of drug-likeness (QED) is 0.751. The molecule has 2 rings (SSSR count). The fourth-order valence-corrected chi connectivity index (χ4v) is 2.57. The summed E-state index contributed by atoms with van der Waals surface area (Å²) in [4.78, 5) is 11.7. The largest absolute Gasteiger partial charge is 0.457 e. The van der Waals surface area contributed by atoms with Gasteiger partial charge in [0, 0.05) is 14.1 Å². The molecule has 0 saturated heterocycles. The summed E-state index contributed by atoms with van der Waals surface area (Å²) in [7, 11) is -0.910. The molecule has 0 N–H and O–H groups in total. The zero-order valence-corrected chi connectivity index (χ0v) is 13.5. The van der Waals surface area contributed by atoms with E-state index in [0.717, 1.165) is 4.31 Å². The first kappa shape index (κ1) is 17.2. The second-order valence-electron chi connectivity index (χ2n) is 4.94. The Morgan fingerprint density at radius 1 is 1.22 bits per heavy atom. The van der Waals surface area contributed by atoms with Crippen LogP contribution in [0.1, 0.15) is 11.3 Å². The van der Waals surface area contributed by atoms with Crippen LogP contribution in [0.4, 0.5) is 4.39 Å². The highest BCUT2D eigenvalue weighted by molar-refractivity contribution is 7.88. The van der Waals surface area contributed by atoms with Crippen molar-refractivity contribution in [2.45, 2.75) is 18.1 Å². The van der Waals surface area contributed by atoms with Gasteiger partial charge in [0.2, 0.25) is 5.09 Å². The van der Waals surface area contributed by atoms with Gasteiger partial charge in [0.25, 0.3) is 10.0 Å². The Kier molecular flexibility index (Phi) is 5.17. The molecule has 2 aromatic rings. The van der Waals surface area contributed by atoms with E-state index in [1.807, 2.05) is 0 Å². The number of rotatable bonds is 6. The van der Waals surface area contributed by atoms with Gasteiger partial charge < -0.3 is 9.15 Å².